The van der Waals surface area contributed by atoms with E-state index in [9.17, 15) is 8.78 Å². The lowest BCUT2D eigenvalue weighted by atomic mass is 9.75. The summed E-state index contributed by atoms with van der Waals surface area (Å²) in [5, 5.41) is 0. The molecule has 0 aliphatic heterocycles. The van der Waals surface area contributed by atoms with Crippen molar-refractivity contribution in [1.29, 1.82) is 0 Å². The van der Waals surface area contributed by atoms with Crippen LogP contribution in [0.2, 0.25) is 0 Å². The van der Waals surface area contributed by atoms with Crippen molar-refractivity contribution in [2.45, 2.75) is 57.9 Å². The third-order valence-electron chi connectivity index (χ3n) is 4.80. The SMILES string of the molecule is CCCCC1CCC(C(NN)c2cc(F)ccc2F)CC1. The first-order chi connectivity index (χ1) is 10.2. The molecule has 1 aliphatic rings. The maximum Gasteiger partial charge on any atom is 0.128 e. The minimum atomic E-state index is -0.414. The van der Waals surface area contributed by atoms with E-state index in [1.54, 1.807) is 0 Å². The maximum atomic E-state index is 13.9. The Bertz CT molecular complexity index is 442. The van der Waals surface area contributed by atoms with Gasteiger partial charge in [-0.05, 0) is 42.9 Å². The average Bonchev–Trinajstić information content (AvgIpc) is 2.50. The Morgan fingerprint density at radius 2 is 1.95 bits per heavy atom. The fourth-order valence-corrected chi connectivity index (χ4v) is 3.54. The lowest BCUT2D eigenvalue weighted by Crippen LogP contribution is -2.36. The van der Waals surface area contributed by atoms with Crippen LogP contribution in [-0.2, 0) is 0 Å². The van der Waals surface area contributed by atoms with Gasteiger partial charge in [0, 0.05) is 5.56 Å². The molecule has 4 heteroatoms. The van der Waals surface area contributed by atoms with E-state index >= 15 is 0 Å². The predicted octanol–water partition coefficient (Wildman–Crippen LogP) is 4.47. The molecule has 1 atom stereocenters. The quantitative estimate of drug-likeness (QED) is 0.600. The lowest BCUT2D eigenvalue weighted by molar-refractivity contribution is 0.211. The van der Waals surface area contributed by atoms with E-state index in [2.05, 4.69) is 12.3 Å². The molecular weight excluding hydrogens is 270 g/mol. The number of benzene rings is 1. The van der Waals surface area contributed by atoms with Gasteiger partial charge >= 0.3 is 0 Å². The van der Waals surface area contributed by atoms with Crippen LogP contribution in [0.3, 0.4) is 0 Å². The standard InChI is InChI=1S/C17H26F2N2/c1-2-3-4-12-5-7-13(8-6-12)17(21-20)15-11-14(18)9-10-16(15)19/h9-13,17,21H,2-8,20H2,1H3. The van der Waals surface area contributed by atoms with Gasteiger partial charge in [0.05, 0.1) is 6.04 Å². The van der Waals surface area contributed by atoms with E-state index in [-0.39, 0.29) is 17.8 Å². The molecule has 0 radical (unpaired) electrons. The summed E-state index contributed by atoms with van der Waals surface area (Å²) in [7, 11) is 0. The molecule has 1 aliphatic carbocycles. The second-order valence-electron chi connectivity index (χ2n) is 6.23. The van der Waals surface area contributed by atoms with Crippen LogP contribution in [0.25, 0.3) is 0 Å². The number of rotatable bonds is 6. The Morgan fingerprint density at radius 1 is 1.24 bits per heavy atom. The Hall–Kier alpha value is -1.00. The highest BCUT2D eigenvalue weighted by Gasteiger charge is 2.29. The van der Waals surface area contributed by atoms with Crippen molar-refractivity contribution in [3.8, 4) is 0 Å². The van der Waals surface area contributed by atoms with Gasteiger partial charge in [-0.2, -0.15) is 0 Å². The zero-order valence-corrected chi connectivity index (χ0v) is 12.7. The van der Waals surface area contributed by atoms with Gasteiger partial charge in [-0.15, -0.1) is 0 Å². The summed E-state index contributed by atoms with van der Waals surface area (Å²) in [6.45, 7) is 2.22. The molecule has 2 nitrogen and oxygen atoms in total. The molecule has 0 spiro atoms. The van der Waals surface area contributed by atoms with Gasteiger partial charge in [0.15, 0.2) is 0 Å². The lowest BCUT2D eigenvalue weighted by Gasteiger charge is -2.34. The third kappa shape index (κ3) is 4.24. The first-order valence-corrected chi connectivity index (χ1v) is 8.06. The van der Waals surface area contributed by atoms with Crippen LogP contribution in [0.5, 0.6) is 0 Å². The van der Waals surface area contributed by atoms with Crippen LogP contribution in [0.15, 0.2) is 18.2 Å². The molecule has 0 amide bonds. The minimum Gasteiger partial charge on any atom is -0.271 e. The molecule has 118 valence electrons. The van der Waals surface area contributed by atoms with Crippen LogP contribution < -0.4 is 11.3 Å². The van der Waals surface area contributed by atoms with E-state index < -0.39 is 5.82 Å². The van der Waals surface area contributed by atoms with Crippen molar-refractivity contribution < 1.29 is 8.78 Å². The van der Waals surface area contributed by atoms with Crippen molar-refractivity contribution in [1.82, 2.24) is 5.43 Å². The predicted molar refractivity (Wildman–Crippen MR) is 81.4 cm³/mol. The Labute approximate surface area is 126 Å². The molecule has 0 aromatic heterocycles. The summed E-state index contributed by atoms with van der Waals surface area (Å²) in [6.07, 6.45) is 8.20. The molecular formula is C17H26F2N2. The van der Waals surface area contributed by atoms with Crippen molar-refractivity contribution in [2.24, 2.45) is 17.7 Å². The zero-order valence-electron chi connectivity index (χ0n) is 12.7. The molecule has 3 N–H and O–H groups in total. The molecule has 2 rings (SSSR count). The zero-order chi connectivity index (χ0) is 15.2. The fraction of sp³-hybridized carbons (Fsp3) is 0.647. The van der Waals surface area contributed by atoms with E-state index in [4.69, 9.17) is 5.84 Å². The Kier molecular flexibility index (Phi) is 6.12. The number of hydrogen-bond acceptors (Lipinski definition) is 2. The molecule has 1 fully saturated rings. The van der Waals surface area contributed by atoms with Crippen LogP contribution in [0.4, 0.5) is 8.78 Å². The first kappa shape index (κ1) is 16.4. The van der Waals surface area contributed by atoms with E-state index in [1.165, 1.54) is 44.2 Å². The number of halogens is 2. The molecule has 1 saturated carbocycles. The van der Waals surface area contributed by atoms with E-state index in [0.29, 0.717) is 5.56 Å². The fourth-order valence-electron chi connectivity index (χ4n) is 3.54. The number of nitrogens with two attached hydrogens (primary N) is 1. The topological polar surface area (TPSA) is 38.0 Å². The minimum absolute atomic E-state index is 0.282. The van der Waals surface area contributed by atoms with Gasteiger partial charge < -0.3 is 0 Å². The number of nitrogens with one attached hydrogen (secondary N) is 1. The van der Waals surface area contributed by atoms with Crippen molar-refractivity contribution in [3.63, 3.8) is 0 Å². The van der Waals surface area contributed by atoms with Crippen LogP contribution in [0, 0.1) is 23.5 Å². The summed E-state index contributed by atoms with van der Waals surface area (Å²) in [5.41, 5.74) is 3.06. The molecule has 0 saturated heterocycles. The maximum absolute atomic E-state index is 13.9. The Balaban J connectivity index is 2.01. The van der Waals surface area contributed by atoms with Crippen LogP contribution >= 0.6 is 0 Å². The van der Waals surface area contributed by atoms with E-state index in [1.807, 2.05) is 0 Å². The molecule has 0 heterocycles. The van der Waals surface area contributed by atoms with Crippen LogP contribution in [0.1, 0.15) is 63.5 Å². The molecule has 0 bridgehead atoms. The number of hydrogen-bond donors (Lipinski definition) is 2. The smallest absolute Gasteiger partial charge is 0.128 e. The van der Waals surface area contributed by atoms with Crippen molar-refractivity contribution in [2.75, 3.05) is 0 Å². The molecule has 1 unspecified atom stereocenters. The molecule has 21 heavy (non-hydrogen) atoms. The second kappa shape index (κ2) is 7.85. The van der Waals surface area contributed by atoms with Crippen molar-refractivity contribution >= 4 is 0 Å². The van der Waals surface area contributed by atoms with Gasteiger partial charge in [0.25, 0.3) is 0 Å². The monoisotopic (exact) mass is 296 g/mol. The summed E-state index contributed by atoms with van der Waals surface area (Å²) >= 11 is 0. The summed E-state index contributed by atoms with van der Waals surface area (Å²) < 4.78 is 27.3. The summed E-state index contributed by atoms with van der Waals surface area (Å²) in [4.78, 5) is 0. The first-order valence-electron chi connectivity index (χ1n) is 8.06. The highest BCUT2D eigenvalue weighted by molar-refractivity contribution is 5.23. The third-order valence-corrected chi connectivity index (χ3v) is 4.80. The highest BCUT2D eigenvalue weighted by atomic mass is 19.1. The Morgan fingerprint density at radius 3 is 2.57 bits per heavy atom. The summed E-state index contributed by atoms with van der Waals surface area (Å²) in [6, 6.07) is 3.30. The van der Waals surface area contributed by atoms with Gasteiger partial charge in [-0.3, -0.25) is 11.3 Å². The summed E-state index contributed by atoms with van der Waals surface area (Å²) in [5.74, 6) is 5.91. The van der Waals surface area contributed by atoms with Gasteiger partial charge in [-0.1, -0.05) is 39.0 Å². The highest BCUT2D eigenvalue weighted by Crippen LogP contribution is 2.38. The average molecular weight is 296 g/mol. The van der Waals surface area contributed by atoms with E-state index in [0.717, 1.165) is 24.8 Å². The van der Waals surface area contributed by atoms with Gasteiger partial charge in [0.1, 0.15) is 11.6 Å². The van der Waals surface area contributed by atoms with Crippen LogP contribution in [-0.4, -0.2) is 0 Å². The number of hydrazine groups is 1. The second-order valence-corrected chi connectivity index (χ2v) is 6.23. The van der Waals surface area contributed by atoms with Crippen molar-refractivity contribution in [3.05, 3.63) is 35.4 Å². The van der Waals surface area contributed by atoms with Gasteiger partial charge in [0.2, 0.25) is 0 Å². The largest absolute Gasteiger partial charge is 0.271 e. The molecule has 1 aromatic carbocycles. The molecule has 1 aromatic rings. The van der Waals surface area contributed by atoms with Gasteiger partial charge in [-0.25, -0.2) is 8.78 Å². The number of unbranched alkanes of at least 4 members (excludes halogenated alkanes) is 1. The normalized spacial score (nSPS) is 24.0.